The third kappa shape index (κ3) is 1.72. The van der Waals surface area contributed by atoms with Crippen LogP contribution in [0.25, 0.3) is 0 Å². The Balaban J connectivity index is 1.98. The Morgan fingerprint density at radius 1 is 1.24 bits per heavy atom. The van der Waals surface area contributed by atoms with E-state index in [9.17, 15) is 4.79 Å². The Morgan fingerprint density at radius 2 is 2.00 bits per heavy atom. The van der Waals surface area contributed by atoms with Gasteiger partial charge in [-0.3, -0.25) is 4.90 Å². The van der Waals surface area contributed by atoms with Crippen LogP contribution < -0.4 is 10.2 Å². The van der Waals surface area contributed by atoms with Crippen molar-refractivity contribution >= 4 is 28.9 Å². The van der Waals surface area contributed by atoms with Gasteiger partial charge in [-0.25, -0.2) is 4.79 Å². The number of benzene rings is 1. The Morgan fingerprint density at radius 3 is 2.76 bits per heavy atom. The minimum absolute atomic E-state index is 0.0793. The third-order valence-electron chi connectivity index (χ3n) is 3.63. The van der Waals surface area contributed by atoms with Crippen molar-refractivity contribution in [2.24, 2.45) is 5.92 Å². The molecule has 0 aromatic heterocycles. The Bertz CT molecular complexity index is 460. The molecule has 2 atom stereocenters. The highest BCUT2D eigenvalue weighted by Crippen LogP contribution is 2.36. The van der Waals surface area contributed by atoms with Crippen molar-refractivity contribution < 1.29 is 4.79 Å². The molecule has 1 aliphatic heterocycles. The van der Waals surface area contributed by atoms with Crippen molar-refractivity contribution in [3.05, 3.63) is 30.3 Å². The second kappa shape index (κ2) is 4.11. The number of nitrogens with zero attached hydrogens (tertiary/aromatic N) is 1. The van der Waals surface area contributed by atoms with Crippen molar-refractivity contribution in [2.75, 3.05) is 4.90 Å². The fourth-order valence-electron chi connectivity index (χ4n) is 2.86. The lowest BCUT2D eigenvalue weighted by atomic mass is 9.99. The molecule has 1 heterocycles. The fourth-order valence-corrected chi connectivity index (χ4v) is 3.22. The SMILES string of the molecule is O=C1NC(=S)C2CCCC2N1c1ccccc1. The van der Waals surface area contributed by atoms with E-state index < -0.39 is 0 Å². The van der Waals surface area contributed by atoms with Crippen LogP contribution in [0.5, 0.6) is 0 Å². The van der Waals surface area contributed by atoms with Crippen LogP contribution in [0.4, 0.5) is 10.5 Å². The van der Waals surface area contributed by atoms with Crippen LogP contribution >= 0.6 is 12.2 Å². The minimum Gasteiger partial charge on any atom is -0.301 e. The first-order valence-electron chi connectivity index (χ1n) is 5.96. The lowest BCUT2D eigenvalue weighted by Gasteiger charge is -2.38. The van der Waals surface area contributed by atoms with E-state index in [1.54, 1.807) is 0 Å². The number of carbonyl (C=O) groups is 1. The number of rotatable bonds is 1. The highest BCUT2D eigenvalue weighted by atomic mass is 32.1. The molecule has 3 rings (SSSR count). The smallest absolute Gasteiger partial charge is 0.301 e. The summed E-state index contributed by atoms with van der Waals surface area (Å²) in [7, 11) is 0. The zero-order chi connectivity index (χ0) is 11.8. The lowest BCUT2D eigenvalue weighted by molar-refractivity contribution is 0.244. The van der Waals surface area contributed by atoms with Gasteiger partial charge in [-0.2, -0.15) is 0 Å². The monoisotopic (exact) mass is 246 g/mol. The van der Waals surface area contributed by atoms with Gasteiger partial charge in [0.15, 0.2) is 0 Å². The van der Waals surface area contributed by atoms with Gasteiger partial charge in [0.1, 0.15) is 0 Å². The summed E-state index contributed by atoms with van der Waals surface area (Å²) in [5.74, 6) is 0.336. The van der Waals surface area contributed by atoms with Gasteiger partial charge in [0.05, 0.1) is 4.99 Å². The first-order valence-corrected chi connectivity index (χ1v) is 6.37. The molecule has 17 heavy (non-hydrogen) atoms. The molecule has 88 valence electrons. The molecule has 0 spiro atoms. The second-order valence-electron chi connectivity index (χ2n) is 4.60. The maximum absolute atomic E-state index is 12.1. The fraction of sp³-hybridized carbons (Fsp3) is 0.385. The lowest BCUT2D eigenvalue weighted by Crippen LogP contribution is -2.58. The Kier molecular flexibility index (Phi) is 2.59. The maximum atomic E-state index is 12.1. The molecule has 2 fully saturated rings. The number of urea groups is 1. The number of hydrogen-bond acceptors (Lipinski definition) is 2. The molecule has 1 N–H and O–H groups in total. The number of thiocarbonyl (C=S) groups is 1. The normalized spacial score (nSPS) is 27.9. The predicted octanol–water partition coefficient (Wildman–Crippen LogP) is 2.71. The van der Waals surface area contributed by atoms with Crippen LogP contribution in [0.2, 0.25) is 0 Å². The topological polar surface area (TPSA) is 32.3 Å². The van der Waals surface area contributed by atoms with E-state index in [1.165, 1.54) is 0 Å². The van der Waals surface area contributed by atoms with E-state index >= 15 is 0 Å². The van der Waals surface area contributed by atoms with Crippen LogP contribution in [0.1, 0.15) is 19.3 Å². The van der Waals surface area contributed by atoms with E-state index in [-0.39, 0.29) is 12.1 Å². The van der Waals surface area contributed by atoms with Crippen molar-refractivity contribution in [1.82, 2.24) is 5.32 Å². The van der Waals surface area contributed by atoms with Gasteiger partial charge in [-0.1, -0.05) is 36.8 Å². The molecular formula is C13H14N2OS. The summed E-state index contributed by atoms with van der Waals surface area (Å²) in [6, 6.07) is 10.00. The van der Waals surface area contributed by atoms with E-state index in [2.05, 4.69) is 5.32 Å². The summed E-state index contributed by atoms with van der Waals surface area (Å²) in [6.07, 6.45) is 3.29. The van der Waals surface area contributed by atoms with Crippen molar-refractivity contribution in [3.63, 3.8) is 0 Å². The standard InChI is InChI=1S/C13H14N2OS/c16-13-14-12(17)10-7-4-8-11(10)15(13)9-5-2-1-3-6-9/h1-3,5-6,10-11H,4,7-8H2,(H,14,16,17). The van der Waals surface area contributed by atoms with Crippen molar-refractivity contribution in [1.29, 1.82) is 0 Å². The zero-order valence-corrected chi connectivity index (χ0v) is 10.2. The van der Waals surface area contributed by atoms with Gasteiger partial charge in [0.2, 0.25) is 0 Å². The van der Waals surface area contributed by atoms with Gasteiger partial charge in [0.25, 0.3) is 0 Å². The molecule has 2 amide bonds. The van der Waals surface area contributed by atoms with Crippen molar-refractivity contribution in [2.45, 2.75) is 25.3 Å². The molecular weight excluding hydrogens is 232 g/mol. The first kappa shape index (κ1) is 10.7. The predicted molar refractivity (Wildman–Crippen MR) is 71.2 cm³/mol. The highest BCUT2D eigenvalue weighted by molar-refractivity contribution is 7.80. The summed E-state index contributed by atoms with van der Waals surface area (Å²) in [5.41, 5.74) is 0.962. The number of anilines is 1. The second-order valence-corrected chi connectivity index (χ2v) is 5.04. The van der Waals surface area contributed by atoms with E-state index in [4.69, 9.17) is 12.2 Å². The molecule has 1 aliphatic carbocycles. The van der Waals surface area contributed by atoms with Crippen LogP contribution in [0.3, 0.4) is 0 Å². The van der Waals surface area contributed by atoms with Crippen LogP contribution in [-0.2, 0) is 0 Å². The number of amides is 2. The molecule has 0 radical (unpaired) electrons. The Hall–Kier alpha value is -1.42. The number of carbonyl (C=O) groups excluding carboxylic acids is 1. The van der Waals surface area contributed by atoms with E-state index in [1.807, 2.05) is 35.2 Å². The quantitative estimate of drug-likeness (QED) is 0.773. The number of para-hydroxylation sites is 1. The van der Waals surface area contributed by atoms with Crippen LogP contribution in [-0.4, -0.2) is 17.1 Å². The van der Waals surface area contributed by atoms with Crippen LogP contribution in [0, 0.1) is 5.92 Å². The van der Waals surface area contributed by atoms with Gasteiger partial charge < -0.3 is 5.32 Å². The highest BCUT2D eigenvalue weighted by Gasteiger charge is 2.42. The molecule has 1 saturated carbocycles. The molecule has 4 heteroatoms. The summed E-state index contributed by atoms with van der Waals surface area (Å²) in [6.45, 7) is 0. The van der Waals surface area contributed by atoms with Crippen LogP contribution in [0.15, 0.2) is 30.3 Å². The molecule has 2 unspecified atom stereocenters. The third-order valence-corrected chi connectivity index (χ3v) is 4.04. The summed E-state index contributed by atoms with van der Waals surface area (Å²) < 4.78 is 0. The van der Waals surface area contributed by atoms with Gasteiger partial charge in [0, 0.05) is 17.6 Å². The summed E-state index contributed by atoms with van der Waals surface area (Å²) in [4.78, 5) is 14.7. The minimum atomic E-state index is -0.0793. The zero-order valence-electron chi connectivity index (χ0n) is 9.43. The van der Waals surface area contributed by atoms with Gasteiger partial charge in [-0.05, 0) is 25.0 Å². The van der Waals surface area contributed by atoms with Gasteiger partial charge in [-0.15, -0.1) is 0 Å². The average Bonchev–Trinajstić information content (AvgIpc) is 2.79. The molecule has 1 aromatic rings. The molecule has 1 aromatic carbocycles. The molecule has 1 saturated heterocycles. The average molecular weight is 246 g/mol. The first-order chi connectivity index (χ1) is 8.27. The molecule has 0 bridgehead atoms. The molecule has 3 nitrogen and oxygen atoms in total. The number of nitrogens with one attached hydrogen (secondary N) is 1. The number of fused-ring (bicyclic) bond motifs is 1. The van der Waals surface area contributed by atoms with Crippen molar-refractivity contribution in [3.8, 4) is 0 Å². The van der Waals surface area contributed by atoms with E-state index in [0.29, 0.717) is 5.92 Å². The van der Waals surface area contributed by atoms with Gasteiger partial charge >= 0.3 is 6.03 Å². The summed E-state index contributed by atoms with van der Waals surface area (Å²) in [5, 5.41) is 2.82. The molecule has 2 aliphatic rings. The van der Waals surface area contributed by atoms with E-state index in [0.717, 1.165) is 29.9 Å². The Labute approximate surface area is 106 Å². The summed E-state index contributed by atoms with van der Waals surface area (Å²) >= 11 is 5.26. The number of hydrogen-bond donors (Lipinski definition) is 1. The maximum Gasteiger partial charge on any atom is 0.326 e. The largest absolute Gasteiger partial charge is 0.326 e.